The van der Waals surface area contributed by atoms with Crippen LogP contribution in [0.1, 0.15) is 0 Å². The van der Waals surface area contributed by atoms with E-state index < -0.39 is 0 Å². The Morgan fingerprint density at radius 2 is 1.70 bits per heavy atom. The average molecular weight is 284 g/mol. The zero-order chi connectivity index (χ0) is 13.9. The summed E-state index contributed by atoms with van der Waals surface area (Å²) in [6, 6.07) is 13.2. The van der Waals surface area contributed by atoms with E-state index in [0.717, 1.165) is 5.56 Å². The monoisotopic (exact) mass is 283 g/mol. The second-order valence-corrected chi connectivity index (χ2v) is 4.53. The van der Waals surface area contributed by atoms with E-state index >= 15 is 0 Å². The topological polar surface area (TPSA) is 77.6 Å². The van der Waals surface area contributed by atoms with Crippen LogP contribution in [0, 0.1) is 0 Å². The highest BCUT2D eigenvalue weighted by Gasteiger charge is 2.13. The fourth-order valence-corrected chi connectivity index (χ4v) is 1.94. The Bertz CT molecular complexity index is 728. The minimum Gasteiger partial charge on any atom is -0.366 e. The van der Waals surface area contributed by atoms with Crippen LogP contribution in [0.2, 0.25) is 5.02 Å². The van der Waals surface area contributed by atoms with Crippen molar-refractivity contribution in [2.45, 2.75) is 0 Å². The van der Waals surface area contributed by atoms with Crippen LogP contribution in [0.25, 0.3) is 22.6 Å². The Kier molecular flexibility index (Phi) is 3.26. The van der Waals surface area contributed by atoms with Crippen molar-refractivity contribution in [2.75, 3.05) is 5.73 Å². The number of anilines is 1. The lowest BCUT2D eigenvalue weighted by Crippen LogP contribution is -2.02. The molecule has 0 radical (unpaired) electrons. The van der Waals surface area contributed by atoms with Crippen molar-refractivity contribution in [1.82, 2.24) is 20.2 Å². The van der Waals surface area contributed by atoms with Gasteiger partial charge < -0.3 is 5.73 Å². The standard InChI is InChI=1S/C14H10ClN5/c15-10-6-7-11(17-8-10)13-12(18-14(16)20-19-13)9-4-2-1-3-5-9/h1-8H,(H2,16,18,20). The van der Waals surface area contributed by atoms with Crippen molar-refractivity contribution in [3.8, 4) is 22.6 Å². The zero-order valence-corrected chi connectivity index (χ0v) is 11.1. The summed E-state index contributed by atoms with van der Waals surface area (Å²) < 4.78 is 0. The van der Waals surface area contributed by atoms with Crippen LogP contribution in [-0.4, -0.2) is 20.2 Å². The molecule has 6 heteroatoms. The van der Waals surface area contributed by atoms with Crippen molar-refractivity contribution < 1.29 is 0 Å². The Labute approximate surface area is 120 Å². The molecular formula is C14H10ClN5. The Balaban J connectivity index is 2.19. The molecule has 0 amide bonds. The third-order valence-electron chi connectivity index (χ3n) is 2.72. The molecule has 0 aliphatic carbocycles. The van der Waals surface area contributed by atoms with Crippen molar-refractivity contribution in [1.29, 1.82) is 0 Å². The molecule has 0 unspecified atom stereocenters. The molecule has 3 rings (SSSR count). The third kappa shape index (κ3) is 2.44. The molecule has 2 N–H and O–H groups in total. The van der Waals surface area contributed by atoms with E-state index in [1.165, 1.54) is 0 Å². The van der Waals surface area contributed by atoms with Gasteiger partial charge in [-0.25, -0.2) is 4.98 Å². The number of aromatic nitrogens is 4. The number of hydrogen-bond acceptors (Lipinski definition) is 5. The number of halogens is 1. The van der Waals surface area contributed by atoms with Gasteiger partial charge in [0.1, 0.15) is 11.4 Å². The van der Waals surface area contributed by atoms with Gasteiger partial charge in [-0.2, -0.15) is 0 Å². The summed E-state index contributed by atoms with van der Waals surface area (Å²) in [5.74, 6) is 0.126. The van der Waals surface area contributed by atoms with E-state index in [4.69, 9.17) is 17.3 Å². The molecule has 0 saturated carbocycles. The molecule has 0 aliphatic heterocycles. The summed E-state index contributed by atoms with van der Waals surface area (Å²) in [4.78, 5) is 8.52. The molecule has 1 aromatic carbocycles. The minimum atomic E-state index is 0.126. The molecular weight excluding hydrogens is 274 g/mol. The largest absolute Gasteiger partial charge is 0.366 e. The van der Waals surface area contributed by atoms with Crippen molar-refractivity contribution in [2.24, 2.45) is 0 Å². The van der Waals surface area contributed by atoms with E-state index in [1.54, 1.807) is 18.3 Å². The summed E-state index contributed by atoms with van der Waals surface area (Å²) in [5, 5.41) is 8.48. The summed E-state index contributed by atoms with van der Waals surface area (Å²) in [6.07, 6.45) is 1.56. The number of benzene rings is 1. The van der Waals surface area contributed by atoms with E-state index in [0.29, 0.717) is 22.1 Å². The molecule has 0 spiro atoms. The van der Waals surface area contributed by atoms with Gasteiger partial charge in [0.15, 0.2) is 0 Å². The highest BCUT2D eigenvalue weighted by molar-refractivity contribution is 6.30. The van der Waals surface area contributed by atoms with E-state index in [-0.39, 0.29) is 5.95 Å². The van der Waals surface area contributed by atoms with Crippen LogP contribution in [0.5, 0.6) is 0 Å². The highest BCUT2D eigenvalue weighted by atomic mass is 35.5. The second kappa shape index (κ2) is 5.22. The summed E-state index contributed by atoms with van der Waals surface area (Å²) in [7, 11) is 0. The maximum atomic E-state index is 5.85. The first-order valence-corrected chi connectivity index (χ1v) is 6.29. The minimum absolute atomic E-state index is 0.126. The number of nitrogens with zero attached hydrogens (tertiary/aromatic N) is 4. The van der Waals surface area contributed by atoms with Crippen LogP contribution in [-0.2, 0) is 0 Å². The summed E-state index contributed by atoms with van der Waals surface area (Å²) in [6.45, 7) is 0. The molecule has 2 aromatic heterocycles. The fourth-order valence-electron chi connectivity index (χ4n) is 1.82. The van der Waals surface area contributed by atoms with Gasteiger partial charge in [-0.1, -0.05) is 41.9 Å². The highest BCUT2D eigenvalue weighted by Crippen LogP contribution is 2.27. The predicted molar refractivity (Wildman–Crippen MR) is 77.9 cm³/mol. The summed E-state index contributed by atoms with van der Waals surface area (Å²) >= 11 is 5.85. The predicted octanol–water partition coefficient (Wildman–Crippen LogP) is 2.84. The van der Waals surface area contributed by atoms with Gasteiger partial charge in [0.05, 0.1) is 10.7 Å². The van der Waals surface area contributed by atoms with Gasteiger partial charge in [-0.05, 0) is 12.1 Å². The molecule has 0 bridgehead atoms. The SMILES string of the molecule is Nc1nnc(-c2ccc(Cl)cn2)c(-c2ccccc2)n1. The number of nitrogen functional groups attached to an aromatic ring is 1. The van der Waals surface area contributed by atoms with Crippen LogP contribution >= 0.6 is 11.6 Å². The van der Waals surface area contributed by atoms with E-state index in [2.05, 4.69) is 20.2 Å². The molecule has 0 fully saturated rings. The molecule has 20 heavy (non-hydrogen) atoms. The van der Waals surface area contributed by atoms with Gasteiger partial charge in [0.25, 0.3) is 0 Å². The van der Waals surface area contributed by atoms with Crippen LogP contribution < -0.4 is 5.73 Å². The van der Waals surface area contributed by atoms with Crippen molar-refractivity contribution in [3.63, 3.8) is 0 Å². The smallest absolute Gasteiger partial charge is 0.240 e. The second-order valence-electron chi connectivity index (χ2n) is 4.09. The average Bonchev–Trinajstić information content (AvgIpc) is 2.49. The Hall–Kier alpha value is -2.53. The van der Waals surface area contributed by atoms with Crippen LogP contribution in [0.4, 0.5) is 5.95 Å². The first kappa shape index (κ1) is 12.5. The fraction of sp³-hybridized carbons (Fsp3) is 0. The Morgan fingerprint density at radius 3 is 2.40 bits per heavy atom. The van der Waals surface area contributed by atoms with Crippen molar-refractivity contribution >= 4 is 17.5 Å². The molecule has 5 nitrogen and oxygen atoms in total. The normalized spacial score (nSPS) is 10.4. The molecule has 0 saturated heterocycles. The number of nitrogens with two attached hydrogens (primary N) is 1. The third-order valence-corrected chi connectivity index (χ3v) is 2.94. The van der Waals surface area contributed by atoms with Gasteiger partial charge in [0.2, 0.25) is 5.95 Å². The summed E-state index contributed by atoms with van der Waals surface area (Å²) in [5.41, 5.74) is 8.41. The lowest BCUT2D eigenvalue weighted by Gasteiger charge is -2.07. The van der Waals surface area contributed by atoms with Crippen LogP contribution in [0.15, 0.2) is 48.7 Å². The molecule has 98 valence electrons. The molecule has 2 heterocycles. The lowest BCUT2D eigenvalue weighted by atomic mass is 10.1. The number of rotatable bonds is 2. The first-order valence-electron chi connectivity index (χ1n) is 5.91. The van der Waals surface area contributed by atoms with E-state index in [9.17, 15) is 0 Å². The number of pyridine rings is 1. The lowest BCUT2D eigenvalue weighted by molar-refractivity contribution is 0.990. The van der Waals surface area contributed by atoms with E-state index in [1.807, 2.05) is 30.3 Å². The molecule has 3 aromatic rings. The zero-order valence-electron chi connectivity index (χ0n) is 10.4. The maximum Gasteiger partial charge on any atom is 0.240 e. The maximum absolute atomic E-state index is 5.85. The van der Waals surface area contributed by atoms with Gasteiger partial charge >= 0.3 is 0 Å². The van der Waals surface area contributed by atoms with Gasteiger partial charge in [-0.15, -0.1) is 10.2 Å². The quantitative estimate of drug-likeness (QED) is 0.782. The van der Waals surface area contributed by atoms with Gasteiger partial charge in [-0.3, -0.25) is 4.98 Å². The first-order chi connectivity index (χ1) is 9.74. The van der Waals surface area contributed by atoms with Crippen LogP contribution in [0.3, 0.4) is 0 Å². The molecule has 0 atom stereocenters. The van der Waals surface area contributed by atoms with Gasteiger partial charge in [0, 0.05) is 11.8 Å². The Morgan fingerprint density at radius 1 is 0.900 bits per heavy atom. The number of hydrogen-bond donors (Lipinski definition) is 1. The van der Waals surface area contributed by atoms with Crippen molar-refractivity contribution in [3.05, 3.63) is 53.7 Å². The molecule has 0 aliphatic rings.